The van der Waals surface area contributed by atoms with E-state index in [9.17, 15) is 4.79 Å². The first-order chi connectivity index (χ1) is 13.0. The van der Waals surface area contributed by atoms with Gasteiger partial charge in [-0.15, -0.1) is 0 Å². The molecule has 0 N–H and O–H groups in total. The van der Waals surface area contributed by atoms with Gasteiger partial charge in [-0.3, -0.25) is 0 Å². The van der Waals surface area contributed by atoms with E-state index in [1.165, 1.54) is 11.3 Å². The quantitative estimate of drug-likeness (QED) is 0.445. The Kier molecular flexibility index (Phi) is 5.36. The zero-order valence-electron chi connectivity index (χ0n) is 16.3. The molecule has 1 atom stereocenters. The summed E-state index contributed by atoms with van der Waals surface area (Å²) in [5.74, 6) is 0.514. The van der Waals surface area contributed by atoms with Crippen LogP contribution in [0.5, 0.6) is 5.75 Å². The van der Waals surface area contributed by atoms with Crippen LogP contribution in [0.3, 0.4) is 0 Å². The topological polar surface area (TPSA) is 40.5 Å². The molecule has 1 heterocycles. The van der Waals surface area contributed by atoms with Gasteiger partial charge in [-0.25, -0.2) is 4.79 Å². The smallest absolute Gasteiger partial charge is 0.338 e. The molecular formula is C23H25NO3. The van der Waals surface area contributed by atoms with E-state index in [1.807, 2.05) is 30.3 Å². The molecule has 0 aliphatic heterocycles. The Morgan fingerprint density at radius 3 is 2.70 bits per heavy atom. The predicted molar refractivity (Wildman–Crippen MR) is 109 cm³/mol. The summed E-state index contributed by atoms with van der Waals surface area (Å²) in [5.41, 5.74) is 5.16. The summed E-state index contributed by atoms with van der Waals surface area (Å²) in [6, 6.07) is 14.0. The van der Waals surface area contributed by atoms with E-state index in [4.69, 9.17) is 9.47 Å². The van der Waals surface area contributed by atoms with Gasteiger partial charge in [-0.05, 0) is 62.2 Å². The third-order valence-electron chi connectivity index (χ3n) is 5.10. The molecule has 0 fully saturated rings. The Labute approximate surface area is 160 Å². The van der Waals surface area contributed by atoms with Crippen molar-refractivity contribution in [1.82, 2.24) is 4.57 Å². The summed E-state index contributed by atoms with van der Waals surface area (Å²) in [5, 5.41) is 1.07. The average Bonchev–Trinajstić information content (AvgIpc) is 2.95. The number of fused-ring (bicyclic) bond motifs is 1. The summed E-state index contributed by atoms with van der Waals surface area (Å²) in [6.07, 6.45) is 1.57. The number of benzene rings is 2. The van der Waals surface area contributed by atoms with Crippen LogP contribution in [0.25, 0.3) is 10.9 Å². The van der Waals surface area contributed by atoms with Crippen molar-refractivity contribution in [3.05, 3.63) is 77.5 Å². The minimum atomic E-state index is -0.331. The lowest BCUT2D eigenvalue weighted by Crippen LogP contribution is -2.09. The number of carbonyl (C=O) groups is 1. The van der Waals surface area contributed by atoms with Crippen molar-refractivity contribution in [2.75, 3.05) is 13.7 Å². The number of aryl methyl sites for hydroxylation is 1. The fourth-order valence-electron chi connectivity index (χ4n) is 3.50. The van der Waals surface area contributed by atoms with Gasteiger partial charge < -0.3 is 14.0 Å². The van der Waals surface area contributed by atoms with Gasteiger partial charge in [0.05, 0.1) is 18.7 Å². The van der Waals surface area contributed by atoms with Crippen molar-refractivity contribution in [2.45, 2.75) is 26.8 Å². The molecule has 4 heteroatoms. The van der Waals surface area contributed by atoms with Crippen LogP contribution in [0.15, 0.2) is 55.1 Å². The van der Waals surface area contributed by atoms with Crippen LogP contribution in [-0.2, 0) is 4.74 Å². The third-order valence-corrected chi connectivity index (χ3v) is 5.10. The summed E-state index contributed by atoms with van der Waals surface area (Å²) in [7, 11) is 1.68. The second-order valence-electron chi connectivity index (χ2n) is 6.65. The van der Waals surface area contributed by atoms with E-state index >= 15 is 0 Å². The normalized spacial score (nSPS) is 12.0. The van der Waals surface area contributed by atoms with Crippen molar-refractivity contribution in [3.8, 4) is 5.75 Å². The molecule has 0 saturated carbocycles. The molecule has 4 nitrogen and oxygen atoms in total. The zero-order valence-corrected chi connectivity index (χ0v) is 16.3. The van der Waals surface area contributed by atoms with Crippen molar-refractivity contribution in [1.29, 1.82) is 0 Å². The minimum absolute atomic E-state index is 0.134. The fourth-order valence-corrected chi connectivity index (χ4v) is 3.50. The van der Waals surface area contributed by atoms with E-state index in [2.05, 4.69) is 44.0 Å². The first-order valence-electron chi connectivity index (χ1n) is 9.01. The van der Waals surface area contributed by atoms with E-state index < -0.39 is 0 Å². The second kappa shape index (κ2) is 7.70. The Morgan fingerprint density at radius 2 is 2.00 bits per heavy atom. The Balaban J connectivity index is 2.07. The maximum atomic E-state index is 12.2. The molecule has 1 unspecified atom stereocenters. The zero-order chi connectivity index (χ0) is 19.6. The number of hydrogen-bond donors (Lipinski definition) is 0. The Hall–Kier alpha value is -3.01. The van der Waals surface area contributed by atoms with Gasteiger partial charge >= 0.3 is 5.97 Å². The second-order valence-corrected chi connectivity index (χ2v) is 6.65. The lowest BCUT2D eigenvalue weighted by Gasteiger charge is -2.19. The molecule has 3 rings (SSSR count). The highest BCUT2D eigenvalue weighted by molar-refractivity contribution is 5.96. The maximum absolute atomic E-state index is 12.2. The highest BCUT2D eigenvalue weighted by atomic mass is 16.5. The van der Waals surface area contributed by atoms with Gasteiger partial charge in [-0.1, -0.05) is 24.8 Å². The third kappa shape index (κ3) is 3.47. The van der Waals surface area contributed by atoms with Crippen LogP contribution >= 0.6 is 0 Å². The summed E-state index contributed by atoms with van der Waals surface area (Å²) in [4.78, 5) is 12.2. The van der Waals surface area contributed by atoms with Crippen molar-refractivity contribution in [3.63, 3.8) is 0 Å². The van der Waals surface area contributed by atoms with Gasteiger partial charge in [0.25, 0.3) is 0 Å². The number of rotatable bonds is 6. The summed E-state index contributed by atoms with van der Waals surface area (Å²) in [6.45, 7) is 10.2. The SMILES string of the molecule is C=CCOC(=O)c1ccc2c(c1)c(C)c(C)n2C(C)c1cccc(OC)c1. The number of aromatic nitrogens is 1. The van der Waals surface area contributed by atoms with E-state index in [0.29, 0.717) is 5.56 Å². The first kappa shape index (κ1) is 18.8. The fraction of sp³-hybridized carbons (Fsp3) is 0.261. The predicted octanol–water partition coefficient (Wildman–Crippen LogP) is 5.22. The molecule has 140 valence electrons. The van der Waals surface area contributed by atoms with Gasteiger partial charge in [0.15, 0.2) is 0 Å². The van der Waals surface area contributed by atoms with Gasteiger partial charge in [0.1, 0.15) is 12.4 Å². The molecule has 0 spiro atoms. The molecular weight excluding hydrogens is 338 g/mol. The number of ether oxygens (including phenoxy) is 2. The lowest BCUT2D eigenvalue weighted by molar-refractivity contribution is 0.0550. The first-order valence-corrected chi connectivity index (χ1v) is 9.01. The molecule has 0 aliphatic rings. The molecule has 0 aliphatic carbocycles. The molecule has 2 aromatic carbocycles. The van der Waals surface area contributed by atoms with Crippen LogP contribution in [0, 0.1) is 13.8 Å². The Morgan fingerprint density at radius 1 is 1.22 bits per heavy atom. The van der Waals surface area contributed by atoms with Crippen LogP contribution in [-0.4, -0.2) is 24.3 Å². The van der Waals surface area contributed by atoms with Crippen LogP contribution in [0.4, 0.5) is 0 Å². The standard InChI is InChI=1S/C23H25NO3/c1-6-12-27-23(25)19-10-11-22-21(14-19)15(2)16(3)24(22)17(4)18-8-7-9-20(13-18)26-5/h6-11,13-14,17H,1,12H2,2-5H3. The molecule has 1 aromatic heterocycles. The molecule has 0 bridgehead atoms. The van der Waals surface area contributed by atoms with Crippen LogP contribution < -0.4 is 4.74 Å². The molecule has 0 amide bonds. The molecule has 0 saturated heterocycles. The number of methoxy groups -OCH3 is 1. The van der Waals surface area contributed by atoms with E-state index in [0.717, 1.165) is 22.2 Å². The number of nitrogens with zero attached hydrogens (tertiary/aromatic N) is 1. The number of carbonyl (C=O) groups excluding carboxylic acids is 1. The molecule has 3 aromatic rings. The van der Waals surface area contributed by atoms with Crippen molar-refractivity contribution < 1.29 is 14.3 Å². The van der Waals surface area contributed by atoms with E-state index in [-0.39, 0.29) is 18.6 Å². The summed E-state index contributed by atoms with van der Waals surface area (Å²) < 4.78 is 12.8. The number of esters is 1. The monoisotopic (exact) mass is 363 g/mol. The van der Waals surface area contributed by atoms with Gasteiger partial charge in [0, 0.05) is 16.6 Å². The van der Waals surface area contributed by atoms with Crippen molar-refractivity contribution in [2.24, 2.45) is 0 Å². The number of hydrogen-bond acceptors (Lipinski definition) is 3. The van der Waals surface area contributed by atoms with Crippen LogP contribution in [0.2, 0.25) is 0 Å². The molecule has 0 radical (unpaired) electrons. The highest BCUT2D eigenvalue weighted by Crippen LogP contribution is 2.33. The minimum Gasteiger partial charge on any atom is -0.497 e. The maximum Gasteiger partial charge on any atom is 0.338 e. The highest BCUT2D eigenvalue weighted by Gasteiger charge is 2.19. The summed E-state index contributed by atoms with van der Waals surface area (Å²) >= 11 is 0. The lowest BCUT2D eigenvalue weighted by atomic mass is 10.1. The van der Waals surface area contributed by atoms with E-state index in [1.54, 1.807) is 13.2 Å². The average molecular weight is 363 g/mol. The van der Waals surface area contributed by atoms with Gasteiger partial charge in [-0.2, -0.15) is 0 Å². The largest absolute Gasteiger partial charge is 0.497 e. The van der Waals surface area contributed by atoms with Crippen LogP contribution in [0.1, 0.15) is 40.1 Å². The van der Waals surface area contributed by atoms with Crippen molar-refractivity contribution >= 4 is 16.9 Å². The van der Waals surface area contributed by atoms with Gasteiger partial charge in [0.2, 0.25) is 0 Å². The Bertz CT molecular complexity index is 1000. The molecule has 27 heavy (non-hydrogen) atoms.